The summed E-state index contributed by atoms with van der Waals surface area (Å²) in [7, 11) is -4.21. The van der Waals surface area contributed by atoms with Crippen molar-refractivity contribution in [2.45, 2.75) is 19.1 Å². The zero-order chi connectivity index (χ0) is 17.1. The summed E-state index contributed by atoms with van der Waals surface area (Å²) in [6, 6.07) is 0. The van der Waals surface area contributed by atoms with Crippen molar-refractivity contribution in [2.24, 2.45) is 11.3 Å². The highest BCUT2D eigenvalue weighted by atomic mass is 31.2. The lowest BCUT2D eigenvalue weighted by Crippen LogP contribution is -2.21. The molecule has 1 saturated carbocycles. The van der Waals surface area contributed by atoms with Crippen LogP contribution in [0.15, 0.2) is 23.0 Å². The number of ether oxygens (including phenoxy) is 1. The number of fused-ring (bicyclic) bond motifs is 1. The summed E-state index contributed by atoms with van der Waals surface area (Å²) < 4.78 is 18.6. The molecule has 1 saturated heterocycles. The summed E-state index contributed by atoms with van der Waals surface area (Å²) in [5.74, 6) is 0.804. The SMILES string of the molecule is Nc1nc2c(ncn2[C@@H]2OC[C@H](/C=C/P(=O)(O)O)C23CC3)c(=O)[nH]1. The average molecular weight is 353 g/mol. The number of nitrogens with zero attached hydrogens (tertiary/aromatic N) is 3. The summed E-state index contributed by atoms with van der Waals surface area (Å²) in [5.41, 5.74) is 5.44. The van der Waals surface area contributed by atoms with Gasteiger partial charge in [0.1, 0.15) is 6.23 Å². The van der Waals surface area contributed by atoms with E-state index in [2.05, 4.69) is 15.0 Å². The van der Waals surface area contributed by atoms with Gasteiger partial charge in [0.05, 0.1) is 12.9 Å². The maximum atomic E-state index is 11.9. The van der Waals surface area contributed by atoms with Gasteiger partial charge in [0.2, 0.25) is 5.95 Å². The maximum absolute atomic E-state index is 11.9. The van der Waals surface area contributed by atoms with Gasteiger partial charge in [0.25, 0.3) is 5.56 Å². The van der Waals surface area contributed by atoms with Gasteiger partial charge >= 0.3 is 7.60 Å². The predicted octanol–water partition coefficient (Wildman–Crippen LogP) is 0.318. The molecule has 2 atom stereocenters. The van der Waals surface area contributed by atoms with Crippen molar-refractivity contribution < 1.29 is 19.1 Å². The van der Waals surface area contributed by atoms with Crippen LogP contribution >= 0.6 is 7.60 Å². The molecule has 10 nitrogen and oxygen atoms in total. The second kappa shape index (κ2) is 5.00. The molecule has 4 rings (SSSR count). The largest absolute Gasteiger partial charge is 0.369 e. The fourth-order valence-electron chi connectivity index (χ4n) is 3.41. The second-order valence-corrected chi connectivity index (χ2v) is 7.71. The molecule has 0 aromatic carbocycles. The Hall–Kier alpha value is -2.00. The Kier molecular flexibility index (Phi) is 3.23. The molecule has 1 aliphatic carbocycles. The molecule has 5 N–H and O–H groups in total. The van der Waals surface area contributed by atoms with E-state index in [0.717, 1.165) is 18.7 Å². The number of aromatic amines is 1. The number of nitrogen functional groups attached to an aromatic ring is 1. The smallest absolute Gasteiger partial charge is 0.348 e. The van der Waals surface area contributed by atoms with Gasteiger partial charge < -0.3 is 20.3 Å². The van der Waals surface area contributed by atoms with Crippen LogP contribution in [-0.2, 0) is 9.30 Å². The molecule has 1 aliphatic heterocycles. The number of rotatable bonds is 3. The highest BCUT2D eigenvalue weighted by Gasteiger charge is 2.60. The molecule has 0 unspecified atom stereocenters. The van der Waals surface area contributed by atoms with E-state index < -0.39 is 19.4 Å². The van der Waals surface area contributed by atoms with Crippen molar-refractivity contribution in [3.63, 3.8) is 0 Å². The molecular formula is C13H16N5O5P. The third-order valence-corrected chi connectivity index (χ3v) is 5.27. The quantitative estimate of drug-likeness (QED) is 0.575. The van der Waals surface area contributed by atoms with E-state index in [-0.39, 0.29) is 22.8 Å². The van der Waals surface area contributed by atoms with Gasteiger partial charge in [-0.3, -0.25) is 18.9 Å². The lowest BCUT2D eigenvalue weighted by Gasteiger charge is -2.21. The number of hydrogen-bond donors (Lipinski definition) is 4. The first-order valence-corrected chi connectivity index (χ1v) is 9.07. The molecule has 0 radical (unpaired) electrons. The highest BCUT2D eigenvalue weighted by molar-refractivity contribution is 7.55. The van der Waals surface area contributed by atoms with Crippen molar-refractivity contribution >= 4 is 24.7 Å². The molecule has 11 heteroatoms. The minimum Gasteiger partial charge on any atom is -0.369 e. The number of H-pyrrole nitrogens is 1. The van der Waals surface area contributed by atoms with Gasteiger partial charge in [0, 0.05) is 17.2 Å². The Labute approximate surface area is 135 Å². The Balaban J connectivity index is 1.73. The van der Waals surface area contributed by atoms with Crippen LogP contribution < -0.4 is 11.3 Å². The topological polar surface area (TPSA) is 156 Å². The van der Waals surface area contributed by atoms with Crippen LogP contribution in [0.4, 0.5) is 5.95 Å². The van der Waals surface area contributed by atoms with E-state index in [1.165, 1.54) is 12.4 Å². The van der Waals surface area contributed by atoms with Crippen LogP contribution in [0, 0.1) is 11.3 Å². The minimum atomic E-state index is -4.21. The molecule has 2 aliphatic rings. The van der Waals surface area contributed by atoms with Crippen LogP contribution in [-0.4, -0.2) is 35.9 Å². The van der Waals surface area contributed by atoms with Crippen LogP contribution in [0.5, 0.6) is 0 Å². The average Bonchev–Trinajstić information content (AvgIpc) is 3.02. The van der Waals surface area contributed by atoms with Gasteiger partial charge in [-0.05, 0) is 12.8 Å². The zero-order valence-electron chi connectivity index (χ0n) is 12.5. The van der Waals surface area contributed by atoms with E-state index in [4.69, 9.17) is 20.3 Å². The maximum Gasteiger partial charge on any atom is 0.348 e. The number of anilines is 1. The van der Waals surface area contributed by atoms with Gasteiger partial charge in [-0.15, -0.1) is 0 Å². The molecule has 2 aromatic heterocycles. The van der Waals surface area contributed by atoms with E-state index >= 15 is 0 Å². The Morgan fingerprint density at radius 2 is 2.25 bits per heavy atom. The van der Waals surface area contributed by atoms with Crippen LogP contribution in [0.25, 0.3) is 11.2 Å². The number of nitrogens with one attached hydrogen (secondary N) is 1. The molecule has 128 valence electrons. The number of nitrogens with two attached hydrogens (primary N) is 1. The minimum absolute atomic E-state index is 0.00459. The molecule has 3 heterocycles. The lowest BCUT2D eigenvalue weighted by atomic mass is 9.90. The standard InChI is InChI=1S/C13H16N5O5P/c14-12-16-9-8(10(19)17-12)15-6-18(9)11-13(2-3-13)7(5-23-11)1-4-24(20,21)22/h1,4,6-7,11H,2-3,5H2,(H2,20,21,22)(H3,14,16,17,19)/b4-1+/t7-,11+/m0/s1. The summed E-state index contributed by atoms with van der Waals surface area (Å²) >= 11 is 0. The van der Waals surface area contributed by atoms with Crippen molar-refractivity contribution in [1.29, 1.82) is 0 Å². The lowest BCUT2D eigenvalue weighted by molar-refractivity contribution is 0.0282. The summed E-state index contributed by atoms with van der Waals surface area (Å²) in [5, 5.41) is 0. The fraction of sp³-hybridized carbons (Fsp3) is 0.462. The molecule has 0 bridgehead atoms. The number of aromatic nitrogens is 4. The molecule has 24 heavy (non-hydrogen) atoms. The van der Waals surface area contributed by atoms with Gasteiger partial charge in [-0.25, -0.2) is 4.98 Å². The monoisotopic (exact) mass is 353 g/mol. The van der Waals surface area contributed by atoms with Gasteiger partial charge in [-0.1, -0.05) is 6.08 Å². The normalized spacial score (nSPS) is 25.9. The molecule has 0 amide bonds. The van der Waals surface area contributed by atoms with Crippen LogP contribution in [0.2, 0.25) is 0 Å². The zero-order valence-corrected chi connectivity index (χ0v) is 13.4. The summed E-state index contributed by atoms with van der Waals surface area (Å²) in [6.07, 6.45) is 4.33. The molecule has 2 fully saturated rings. The Morgan fingerprint density at radius 3 is 2.92 bits per heavy atom. The van der Waals surface area contributed by atoms with Crippen molar-refractivity contribution in [3.05, 3.63) is 28.6 Å². The summed E-state index contributed by atoms with van der Waals surface area (Å²) in [4.78, 5) is 40.6. The van der Waals surface area contributed by atoms with Crippen molar-refractivity contribution in [1.82, 2.24) is 19.5 Å². The van der Waals surface area contributed by atoms with Gasteiger partial charge in [0.15, 0.2) is 11.2 Å². The van der Waals surface area contributed by atoms with Crippen molar-refractivity contribution in [2.75, 3.05) is 12.3 Å². The van der Waals surface area contributed by atoms with E-state index in [0.29, 0.717) is 12.3 Å². The molecule has 2 aromatic rings. The van der Waals surface area contributed by atoms with E-state index in [1.807, 2.05) is 0 Å². The molecular weight excluding hydrogens is 337 g/mol. The van der Waals surface area contributed by atoms with E-state index in [1.54, 1.807) is 4.57 Å². The van der Waals surface area contributed by atoms with Gasteiger partial charge in [-0.2, -0.15) is 4.98 Å². The fourth-order valence-corrected chi connectivity index (χ4v) is 3.84. The summed E-state index contributed by atoms with van der Waals surface area (Å²) in [6.45, 7) is 0.333. The first kappa shape index (κ1) is 15.5. The first-order valence-electron chi connectivity index (χ1n) is 7.39. The third-order valence-electron chi connectivity index (χ3n) is 4.71. The second-order valence-electron chi connectivity index (χ2n) is 6.23. The predicted molar refractivity (Wildman–Crippen MR) is 83.9 cm³/mol. The highest BCUT2D eigenvalue weighted by Crippen LogP contribution is 2.64. The third kappa shape index (κ3) is 2.39. The Morgan fingerprint density at radius 1 is 1.50 bits per heavy atom. The number of hydrogen-bond acceptors (Lipinski definition) is 6. The first-order chi connectivity index (χ1) is 11.3. The van der Waals surface area contributed by atoms with Crippen molar-refractivity contribution in [3.8, 4) is 0 Å². The van der Waals surface area contributed by atoms with Crippen LogP contribution in [0.3, 0.4) is 0 Å². The number of imidazole rings is 1. The Bertz CT molecular complexity index is 940. The molecule has 1 spiro atoms. The van der Waals surface area contributed by atoms with Crippen LogP contribution in [0.1, 0.15) is 19.1 Å². The van der Waals surface area contributed by atoms with E-state index in [9.17, 15) is 9.36 Å².